The molecule has 3 aromatic carbocycles. The molecule has 0 N–H and O–H groups in total. The van der Waals surface area contributed by atoms with Gasteiger partial charge in [-0.05, 0) is 23.6 Å². The summed E-state index contributed by atoms with van der Waals surface area (Å²) in [6, 6.07) is 30.4. The first-order valence-electron chi connectivity index (χ1n) is 9.25. The number of rotatable bonds is 2. The van der Waals surface area contributed by atoms with Crippen molar-refractivity contribution in [3.8, 4) is 11.3 Å². The van der Waals surface area contributed by atoms with E-state index in [-0.39, 0.29) is 5.69 Å². The molecule has 0 aliphatic rings. The van der Waals surface area contributed by atoms with Gasteiger partial charge in [-0.3, -0.25) is 4.98 Å². The van der Waals surface area contributed by atoms with Crippen LogP contribution in [-0.4, -0.2) is 9.97 Å². The molecule has 5 aromatic rings. The maximum atomic E-state index is 13.1. The van der Waals surface area contributed by atoms with Gasteiger partial charge in [0.1, 0.15) is 5.69 Å². The van der Waals surface area contributed by atoms with E-state index in [0.29, 0.717) is 11.1 Å². The van der Waals surface area contributed by atoms with Gasteiger partial charge in [0, 0.05) is 22.5 Å². The van der Waals surface area contributed by atoms with E-state index in [4.69, 9.17) is 0 Å². The predicted molar refractivity (Wildman–Crippen MR) is 114 cm³/mol. The molecule has 0 bridgehead atoms. The summed E-state index contributed by atoms with van der Waals surface area (Å²) in [5.74, 6) is 0. The van der Waals surface area contributed by atoms with Gasteiger partial charge >= 0.3 is 0 Å². The highest BCUT2D eigenvalue weighted by atomic mass is 19.3. The predicted octanol–water partition coefficient (Wildman–Crippen LogP) is 7.07. The second-order valence-electron chi connectivity index (χ2n) is 6.48. The number of aromatic nitrogens is 2. The van der Waals surface area contributed by atoms with Crippen LogP contribution < -0.4 is 0 Å². The summed E-state index contributed by atoms with van der Waals surface area (Å²) in [5.41, 5.74) is 2.33. The third kappa shape index (κ3) is 4.27. The lowest BCUT2D eigenvalue weighted by atomic mass is 10.1. The molecule has 0 saturated heterocycles. The molecule has 5 rings (SSSR count). The smallest absolute Gasteiger partial charge is 0.256 e. The van der Waals surface area contributed by atoms with Gasteiger partial charge in [0.15, 0.2) is 0 Å². The lowest BCUT2D eigenvalue weighted by Crippen LogP contribution is -1.95. The van der Waals surface area contributed by atoms with Crippen molar-refractivity contribution in [3.63, 3.8) is 0 Å². The Morgan fingerprint density at radius 3 is 2.07 bits per heavy atom. The number of benzene rings is 3. The zero-order chi connectivity index (χ0) is 20.1. The van der Waals surface area contributed by atoms with Gasteiger partial charge in [-0.2, -0.15) is 0 Å². The minimum atomic E-state index is -2.58. The first kappa shape index (κ1) is 18.7. The highest BCUT2D eigenvalue weighted by molar-refractivity contribution is 5.88. The van der Waals surface area contributed by atoms with Gasteiger partial charge in [0.05, 0.1) is 11.2 Å². The molecular formula is C25H18F2N2. The molecule has 29 heavy (non-hydrogen) atoms. The van der Waals surface area contributed by atoms with Crippen LogP contribution in [0.4, 0.5) is 8.78 Å². The Morgan fingerprint density at radius 1 is 0.655 bits per heavy atom. The Hall–Kier alpha value is -3.66. The number of hydrogen-bond acceptors (Lipinski definition) is 2. The highest BCUT2D eigenvalue weighted by Crippen LogP contribution is 2.30. The Kier molecular flexibility index (Phi) is 5.52. The molecule has 0 aliphatic heterocycles. The second kappa shape index (κ2) is 8.57. The van der Waals surface area contributed by atoms with Crippen molar-refractivity contribution in [2.24, 2.45) is 0 Å². The van der Waals surface area contributed by atoms with E-state index in [1.807, 2.05) is 79.0 Å². The molecule has 2 aromatic heterocycles. The van der Waals surface area contributed by atoms with Crippen LogP contribution >= 0.6 is 0 Å². The zero-order valence-corrected chi connectivity index (χ0v) is 15.5. The Labute approximate surface area is 167 Å². The summed E-state index contributed by atoms with van der Waals surface area (Å²) < 4.78 is 26.3. The first-order valence-corrected chi connectivity index (χ1v) is 9.25. The third-order valence-corrected chi connectivity index (χ3v) is 4.56. The van der Waals surface area contributed by atoms with Crippen molar-refractivity contribution in [1.29, 1.82) is 0 Å². The Bertz CT molecular complexity index is 1170. The number of fused-ring (bicyclic) bond motifs is 2. The lowest BCUT2D eigenvalue weighted by molar-refractivity contribution is 0.148. The van der Waals surface area contributed by atoms with Crippen LogP contribution in [0.25, 0.3) is 32.9 Å². The number of para-hydroxylation sites is 1. The van der Waals surface area contributed by atoms with Crippen molar-refractivity contribution >= 4 is 21.7 Å². The molecule has 4 heteroatoms. The summed E-state index contributed by atoms with van der Waals surface area (Å²) in [7, 11) is 0. The maximum absolute atomic E-state index is 13.1. The standard InChI is InChI=1S/C16H11F2N.C9H7N/c17-16(18)15-13-9-5-4-8-12(13)10-14(19-15)11-6-2-1-3-7-11;1-2-6-9-8(4-1)5-3-7-10-9/h1-10,16H;1-7H. The SMILES string of the molecule is FC(F)c1nc(-c2ccccc2)cc2ccccc12.c1ccc2ncccc2c1. The van der Waals surface area contributed by atoms with Crippen LogP contribution in [0.15, 0.2) is 103 Å². The topological polar surface area (TPSA) is 25.8 Å². The van der Waals surface area contributed by atoms with E-state index in [0.717, 1.165) is 16.5 Å². The van der Waals surface area contributed by atoms with Crippen LogP contribution in [0.2, 0.25) is 0 Å². The normalized spacial score (nSPS) is 10.7. The summed E-state index contributed by atoms with van der Waals surface area (Å²) in [5, 5.41) is 2.49. The quantitative estimate of drug-likeness (QED) is 0.325. The van der Waals surface area contributed by atoms with Crippen molar-refractivity contribution in [2.75, 3.05) is 0 Å². The largest absolute Gasteiger partial charge is 0.280 e. The molecule has 2 heterocycles. The molecule has 0 amide bonds. The maximum Gasteiger partial charge on any atom is 0.280 e. The summed E-state index contributed by atoms with van der Waals surface area (Å²) in [6.45, 7) is 0. The molecule has 0 spiro atoms. The van der Waals surface area contributed by atoms with Gasteiger partial charge < -0.3 is 0 Å². The number of halogens is 2. The average Bonchev–Trinajstić information content (AvgIpc) is 2.79. The minimum Gasteiger partial charge on any atom is -0.256 e. The van der Waals surface area contributed by atoms with E-state index < -0.39 is 6.43 Å². The molecule has 0 fully saturated rings. The molecule has 0 aliphatic carbocycles. The molecule has 142 valence electrons. The average molecular weight is 384 g/mol. The highest BCUT2D eigenvalue weighted by Gasteiger charge is 2.15. The fourth-order valence-corrected chi connectivity index (χ4v) is 3.16. The van der Waals surface area contributed by atoms with Gasteiger partial charge in [-0.1, -0.05) is 78.9 Å². The number of hydrogen-bond donors (Lipinski definition) is 0. The third-order valence-electron chi connectivity index (χ3n) is 4.56. The number of pyridine rings is 2. The van der Waals surface area contributed by atoms with Crippen LogP contribution in [0.1, 0.15) is 12.1 Å². The summed E-state index contributed by atoms with van der Waals surface area (Å²) in [4.78, 5) is 8.30. The van der Waals surface area contributed by atoms with Gasteiger partial charge in [-0.25, -0.2) is 13.8 Å². The van der Waals surface area contributed by atoms with Crippen molar-refractivity contribution in [3.05, 3.63) is 109 Å². The second-order valence-corrected chi connectivity index (χ2v) is 6.48. The Balaban J connectivity index is 0.000000171. The summed E-state index contributed by atoms with van der Waals surface area (Å²) in [6.07, 6.45) is -0.768. The number of nitrogens with zero attached hydrogens (tertiary/aromatic N) is 2. The minimum absolute atomic E-state index is 0.156. The van der Waals surface area contributed by atoms with Crippen molar-refractivity contribution in [1.82, 2.24) is 9.97 Å². The van der Waals surface area contributed by atoms with Crippen LogP contribution in [0, 0.1) is 0 Å². The van der Waals surface area contributed by atoms with Crippen molar-refractivity contribution in [2.45, 2.75) is 6.43 Å². The molecular weight excluding hydrogens is 366 g/mol. The van der Waals surface area contributed by atoms with E-state index in [1.165, 1.54) is 5.39 Å². The molecule has 0 unspecified atom stereocenters. The van der Waals surface area contributed by atoms with Crippen LogP contribution in [0.5, 0.6) is 0 Å². The van der Waals surface area contributed by atoms with Crippen molar-refractivity contribution < 1.29 is 8.78 Å². The molecule has 0 saturated carbocycles. The van der Waals surface area contributed by atoms with Gasteiger partial charge in [0.25, 0.3) is 6.43 Å². The Morgan fingerprint density at radius 2 is 1.31 bits per heavy atom. The monoisotopic (exact) mass is 384 g/mol. The number of alkyl halides is 2. The molecule has 0 atom stereocenters. The first-order chi connectivity index (χ1) is 14.2. The van der Waals surface area contributed by atoms with E-state index in [2.05, 4.69) is 22.1 Å². The molecule has 2 nitrogen and oxygen atoms in total. The summed E-state index contributed by atoms with van der Waals surface area (Å²) >= 11 is 0. The zero-order valence-electron chi connectivity index (χ0n) is 15.5. The van der Waals surface area contributed by atoms with Crippen LogP contribution in [-0.2, 0) is 0 Å². The van der Waals surface area contributed by atoms with Gasteiger partial charge in [0.2, 0.25) is 0 Å². The van der Waals surface area contributed by atoms with Crippen LogP contribution in [0.3, 0.4) is 0 Å². The van der Waals surface area contributed by atoms with E-state index in [1.54, 1.807) is 12.1 Å². The van der Waals surface area contributed by atoms with E-state index in [9.17, 15) is 8.78 Å². The van der Waals surface area contributed by atoms with Gasteiger partial charge in [-0.15, -0.1) is 0 Å². The lowest BCUT2D eigenvalue weighted by Gasteiger charge is -2.08. The fraction of sp³-hybridized carbons (Fsp3) is 0.0400. The molecule has 0 radical (unpaired) electrons. The fourth-order valence-electron chi connectivity index (χ4n) is 3.16. The van der Waals surface area contributed by atoms with E-state index >= 15 is 0 Å².